The lowest BCUT2D eigenvalue weighted by molar-refractivity contribution is 0.0790. The van der Waals surface area contributed by atoms with E-state index in [9.17, 15) is 13.2 Å². The van der Waals surface area contributed by atoms with Gasteiger partial charge in [0.25, 0.3) is 5.91 Å². The van der Waals surface area contributed by atoms with Crippen LogP contribution in [0.4, 0.5) is 0 Å². The first kappa shape index (κ1) is 17.4. The zero-order chi connectivity index (χ0) is 17.0. The van der Waals surface area contributed by atoms with Gasteiger partial charge in [0.2, 0.25) is 10.0 Å². The number of sulfonamides is 1. The molecule has 5 nitrogen and oxygen atoms in total. The molecule has 1 saturated carbocycles. The van der Waals surface area contributed by atoms with Crippen LogP contribution in [0.15, 0.2) is 48.4 Å². The van der Waals surface area contributed by atoms with Crippen LogP contribution in [0, 0.1) is 6.92 Å². The van der Waals surface area contributed by atoms with Gasteiger partial charge in [-0.3, -0.25) is 4.79 Å². The van der Waals surface area contributed by atoms with Crippen LogP contribution in [0.1, 0.15) is 28.8 Å². The Hall–Kier alpha value is -1.92. The minimum Gasteiger partial charge on any atom is -0.331 e. The molecule has 0 aliphatic heterocycles. The second-order valence-corrected chi connectivity index (χ2v) is 7.37. The number of carbonyl (C=O) groups excluding carboxylic acids is 1. The Kier molecular flexibility index (Phi) is 5.38. The summed E-state index contributed by atoms with van der Waals surface area (Å²) >= 11 is 0. The molecule has 2 rings (SSSR count). The lowest BCUT2D eigenvalue weighted by Crippen LogP contribution is -2.32. The van der Waals surface area contributed by atoms with Crippen molar-refractivity contribution in [2.24, 2.45) is 0 Å². The van der Waals surface area contributed by atoms with Crippen molar-refractivity contribution in [3.8, 4) is 0 Å². The third kappa shape index (κ3) is 4.30. The van der Waals surface area contributed by atoms with Crippen LogP contribution >= 0.6 is 0 Å². The van der Waals surface area contributed by atoms with Crippen LogP contribution in [0.5, 0.6) is 0 Å². The molecule has 124 valence electrons. The normalized spacial score (nSPS) is 14.3. The van der Waals surface area contributed by atoms with E-state index in [-0.39, 0.29) is 16.8 Å². The van der Waals surface area contributed by atoms with Crippen LogP contribution < -0.4 is 4.72 Å². The molecule has 0 aromatic heterocycles. The van der Waals surface area contributed by atoms with E-state index in [1.165, 1.54) is 12.1 Å². The van der Waals surface area contributed by atoms with Crippen LogP contribution in [0.2, 0.25) is 0 Å². The van der Waals surface area contributed by atoms with Gasteiger partial charge in [-0.2, -0.15) is 0 Å². The van der Waals surface area contributed by atoms with E-state index in [1.807, 2.05) is 0 Å². The van der Waals surface area contributed by atoms with Gasteiger partial charge in [0, 0.05) is 24.7 Å². The largest absolute Gasteiger partial charge is 0.331 e. The predicted molar refractivity (Wildman–Crippen MR) is 90.8 cm³/mol. The number of carbonyl (C=O) groups is 1. The Morgan fingerprint density at radius 1 is 1.30 bits per heavy atom. The quantitative estimate of drug-likeness (QED) is 0.742. The summed E-state index contributed by atoms with van der Waals surface area (Å²) in [7, 11) is -3.58. The second kappa shape index (κ2) is 7.10. The summed E-state index contributed by atoms with van der Waals surface area (Å²) in [6.07, 6.45) is 4.99. The van der Waals surface area contributed by atoms with Crippen molar-refractivity contribution in [2.75, 3.05) is 13.1 Å². The molecule has 1 aliphatic carbocycles. The fourth-order valence-electron chi connectivity index (χ4n) is 2.21. The van der Waals surface area contributed by atoms with E-state index in [0.29, 0.717) is 18.7 Å². The Balaban J connectivity index is 2.34. The number of amides is 1. The van der Waals surface area contributed by atoms with Gasteiger partial charge in [0.15, 0.2) is 0 Å². The lowest BCUT2D eigenvalue weighted by Gasteiger charge is -2.21. The fraction of sp³-hybridized carbons (Fsp3) is 0.353. The van der Waals surface area contributed by atoms with E-state index in [2.05, 4.69) is 17.9 Å². The highest BCUT2D eigenvalue weighted by Crippen LogP contribution is 2.23. The zero-order valence-electron chi connectivity index (χ0n) is 13.3. The van der Waals surface area contributed by atoms with Crippen molar-refractivity contribution in [2.45, 2.75) is 30.7 Å². The number of rotatable bonds is 8. The summed E-state index contributed by atoms with van der Waals surface area (Å²) in [6.45, 7) is 9.83. The first-order chi connectivity index (χ1) is 10.9. The SMILES string of the molecule is C=CCN(CC=C)C(=O)c1cc(S(=O)(=O)NC2CC2)ccc1C. The lowest BCUT2D eigenvalue weighted by atomic mass is 10.1. The molecular weight excluding hydrogens is 312 g/mol. The van der Waals surface area contributed by atoms with Gasteiger partial charge in [0.05, 0.1) is 4.90 Å². The minimum absolute atomic E-state index is 0.0264. The predicted octanol–water partition coefficient (Wildman–Crippen LogP) is 2.25. The van der Waals surface area contributed by atoms with Crippen molar-refractivity contribution in [3.63, 3.8) is 0 Å². The highest BCUT2D eigenvalue weighted by molar-refractivity contribution is 7.89. The van der Waals surface area contributed by atoms with Gasteiger partial charge in [-0.1, -0.05) is 18.2 Å². The summed E-state index contributed by atoms with van der Waals surface area (Å²) in [4.78, 5) is 14.4. The van der Waals surface area contributed by atoms with E-state index >= 15 is 0 Å². The maximum atomic E-state index is 12.7. The molecule has 0 radical (unpaired) electrons. The molecule has 1 N–H and O–H groups in total. The van der Waals surface area contributed by atoms with Crippen molar-refractivity contribution >= 4 is 15.9 Å². The number of nitrogens with zero attached hydrogens (tertiary/aromatic N) is 1. The molecule has 1 aromatic carbocycles. The molecule has 6 heteroatoms. The van der Waals surface area contributed by atoms with Crippen LogP contribution in [0.25, 0.3) is 0 Å². The summed E-state index contributed by atoms with van der Waals surface area (Å²) < 4.78 is 27.3. The molecule has 0 bridgehead atoms. The maximum absolute atomic E-state index is 12.7. The Morgan fingerprint density at radius 3 is 2.43 bits per heavy atom. The van der Waals surface area contributed by atoms with Gasteiger partial charge in [0.1, 0.15) is 0 Å². The van der Waals surface area contributed by atoms with Gasteiger partial charge < -0.3 is 4.90 Å². The minimum atomic E-state index is -3.58. The number of benzene rings is 1. The first-order valence-corrected chi connectivity index (χ1v) is 9.01. The molecular formula is C17H22N2O3S. The molecule has 1 fully saturated rings. The number of hydrogen-bond acceptors (Lipinski definition) is 3. The Labute approximate surface area is 137 Å². The first-order valence-electron chi connectivity index (χ1n) is 7.53. The van der Waals surface area contributed by atoms with E-state index in [4.69, 9.17) is 0 Å². The monoisotopic (exact) mass is 334 g/mol. The average molecular weight is 334 g/mol. The summed E-state index contributed by atoms with van der Waals surface area (Å²) in [5.74, 6) is -0.231. The third-order valence-electron chi connectivity index (χ3n) is 3.64. The van der Waals surface area contributed by atoms with Crippen LogP contribution in [-0.2, 0) is 10.0 Å². The number of nitrogens with one attached hydrogen (secondary N) is 1. The molecule has 1 aliphatic rings. The summed E-state index contributed by atoms with van der Waals surface area (Å²) in [5.41, 5.74) is 1.12. The number of hydrogen-bond donors (Lipinski definition) is 1. The summed E-state index contributed by atoms with van der Waals surface area (Å²) in [5, 5.41) is 0. The average Bonchev–Trinajstić information content (AvgIpc) is 3.30. The molecule has 1 amide bonds. The van der Waals surface area contributed by atoms with Gasteiger partial charge in [-0.05, 0) is 37.5 Å². The molecule has 23 heavy (non-hydrogen) atoms. The highest BCUT2D eigenvalue weighted by Gasteiger charge is 2.28. The highest BCUT2D eigenvalue weighted by atomic mass is 32.2. The van der Waals surface area contributed by atoms with Crippen molar-refractivity contribution in [3.05, 3.63) is 54.6 Å². The smallest absolute Gasteiger partial charge is 0.254 e. The molecule has 0 spiro atoms. The van der Waals surface area contributed by atoms with Crippen LogP contribution in [-0.4, -0.2) is 38.4 Å². The van der Waals surface area contributed by atoms with E-state index in [1.54, 1.807) is 30.0 Å². The van der Waals surface area contributed by atoms with Gasteiger partial charge in [-0.25, -0.2) is 13.1 Å². The van der Waals surface area contributed by atoms with E-state index in [0.717, 1.165) is 18.4 Å². The Bertz CT molecular complexity index is 711. The van der Waals surface area contributed by atoms with Crippen molar-refractivity contribution in [1.29, 1.82) is 0 Å². The van der Waals surface area contributed by atoms with Crippen molar-refractivity contribution in [1.82, 2.24) is 9.62 Å². The standard InChI is InChI=1S/C17H22N2O3S/c1-4-10-19(11-5-2)17(20)16-12-15(9-6-13(16)3)23(21,22)18-14-7-8-14/h4-6,9,12,14,18H,1-2,7-8,10-11H2,3H3. The molecule has 0 heterocycles. The third-order valence-corrected chi connectivity index (χ3v) is 5.15. The second-order valence-electron chi connectivity index (χ2n) is 5.66. The number of aryl methyl sites for hydroxylation is 1. The maximum Gasteiger partial charge on any atom is 0.254 e. The zero-order valence-corrected chi connectivity index (χ0v) is 14.1. The summed E-state index contributed by atoms with van der Waals surface area (Å²) in [6, 6.07) is 4.66. The van der Waals surface area contributed by atoms with E-state index < -0.39 is 10.0 Å². The molecule has 0 unspecified atom stereocenters. The topological polar surface area (TPSA) is 66.5 Å². The molecule has 0 atom stereocenters. The van der Waals surface area contributed by atoms with Gasteiger partial charge >= 0.3 is 0 Å². The van der Waals surface area contributed by atoms with Crippen LogP contribution in [0.3, 0.4) is 0 Å². The molecule has 1 aromatic rings. The molecule has 0 saturated heterocycles. The fourth-order valence-corrected chi connectivity index (χ4v) is 3.54. The Morgan fingerprint density at radius 2 is 1.91 bits per heavy atom. The van der Waals surface area contributed by atoms with Gasteiger partial charge in [-0.15, -0.1) is 13.2 Å². The van der Waals surface area contributed by atoms with Crippen molar-refractivity contribution < 1.29 is 13.2 Å².